The van der Waals surface area contributed by atoms with Crippen LogP contribution in [0.1, 0.15) is 36.8 Å². The zero-order chi connectivity index (χ0) is 14.4. The number of anilines is 1. The number of hydrogen-bond acceptors (Lipinski definition) is 4. The fraction of sp³-hybridized carbons (Fsp3) is 0.571. The highest BCUT2D eigenvalue weighted by molar-refractivity contribution is 5.89. The van der Waals surface area contributed by atoms with E-state index in [4.69, 9.17) is 9.84 Å². The van der Waals surface area contributed by atoms with Gasteiger partial charge < -0.3 is 15.2 Å². The molecular weight excluding hydrogens is 244 g/mol. The van der Waals surface area contributed by atoms with E-state index in [1.165, 1.54) is 0 Å². The van der Waals surface area contributed by atoms with Crippen LogP contribution in [-0.2, 0) is 4.74 Å². The Labute approximate surface area is 114 Å². The lowest BCUT2D eigenvalue weighted by Gasteiger charge is -2.23. The van der Waals surface area contributed by atoms with Gasteiger partial charge in [-0.25, -0.2) is 9.78 Å². The summed E-state index contributed by atoms with van der Waals surface area (Å²) in [6.45, 7) is 9.15. The minimum atomic E-state index is -0.953. The van der Waals surface area contributed by atoms with Gasteiger partial charge in [0.25, 0.3) is 0 Å². The number of ether oxygens (including phenoxy) is 1. The molecule has 2 N–H and O–H groups in total. The van der Waals surface area contributed by atoms with E-state index in [0.717, 1.165) is 0 Å². The van der Waals surface area contributed by atoms with Crippen molar-refractivity contribution in [3.05, 3.63) is 23.4 Å². The minimum absolute atomic E-state index is 0.155. The molecule has 0 aliphatic carbocycles. The summed E-state index contributed by atoms with van der Waals surface area (Å²) >= 11 is 0. The van der Waals surface area contributed by atoms with Crippen LogP contribution in [0.15, 0.2) is 12.1 Å². The summed E-state index contributed by atoms with van der Waals surface area (Å²) in [6.07, 6.45) is 0. The van der Waals surface area contributed by atoms with E-state index in [0.29, 0.717) is 30.6 Å². The Bertz CT molecular complexity index is 433. The van der Waals surface area contributed by atoms with E-state index in [-0.39, 0.29) is 11.6 Å². The molecule has 1 atom stereocenters. The summed E-state index contributed by atoms with van der Waals surface area (Å²) in [5.41, 5.74) is 0.743. The molecule has 1 rings (SSSR count). The Hall–Kier alpha value is -1.62. The molecule has 1 aromatic heterocycles. The van der Waals surface area contributed by atoms with Gasteiger partial charge in [0.1, 0.15) is 5.82 Å². The van der Waals surface area contributed by atoms with E-state index in [1.807, 2.05) is 6.92 Å². The van der Waals surface area contributed by atoms with Crippen molar-refractivity contribution in [3.8, 4) is 0 Å². The van der Waals surface area contributed by atoms with Crippen LogP contribution >= 0.6 is 0 Å². The number of carboxylic acids is 1. The van der Waals surface area contributed by atoms with Gasteiger partial charge in [0, 0.05) is 6.61 Å². The Kier molecular flexibility index (Phi) is 5.76. The first-order chi connectivity index (χ1) is 8.95. The number of aromatic nitrogens is 1. The number of aromatic carboxylic acids is 1. The number of carboxylic acid groups (broad SMARTS) is 1. The standard InChI is InChI=1S/C14H22N2O3/c1-5-19-8-12(9(2)3)16-13-7-6-11(14(17)18)10(4)15-13/h6-7,9,12H,5,8H2,1-4H3,(H,15,16)(H,17,18). The monoisotopic (exact) mass is 266 g/mol. The Balaban J connectivity index is 2.79. The van der Waals surface area contributed by atoms with Gasteiger partial charge in [0.15, 0.2) is 0 Å². The third-order valence-electron chi connectivity index (χ3n) is 2.96. The molecule has 19 heavy (non-hydrogen) atoms. The Morgan fingerprint density at radius 2 is 2.16 bits per heavy atom. The lowest BCUT2D eigenvalue weighted by Crippen LogP contribution is -2.31. The molecule has 0 aliphatic heterocycles. The normalized spacial score (nSPS) is 12.5. The first-order valence-corrected chi connectivity index (χ1v) is 6.51. The van der Waals surface area contributed by atoms with Crippen LogP contribution in [0.4, 0.5) is 5.82 Å². The molecule has 0 bridgehead atoms. The number of hydrogen-bond donors (Lipinski definition) is 2. The van der Waals surface area contributed by atoms with E-state index < -0.39 is 5.97 Å². The van der Waals surface area contributed by atoms with Crippen LogP contribution in [0.2, 0.25) is 0 Å². The summed E-state index contributed by atoms with van der Waals surface area (Å²) in [4.78, 5) is 15.2. The first-order valence-electron chi connectivity index (χ1n) is 6.51. The molecule has 5 nitrogen and oxygen atoms in total. The molecule has 106 valence electrons. The summed E-state index contributed by atoms with van der Waals surface area (Å²) in [7, 11) is 0. The fourth-order valence-corrected chi connectivity index (χ4v) is 1.70. The van der Waals surface area contributed by atoms with Crippen molar-refractivity contribution in [2.24, 2.45) is 5.92 Å². The molecule has 0 fully saturated rings. The average molecular weight is 266 g/mol. The van der Waals surface area contributed by atoms with Crippen molar-refractivity contribution in [2.45, 2.75) is 33.7 Å². The van der Waals surface area contributed by atoms with Crippen molar-refractivity contribution in [1.29, 1.82) is 0 Å². The van der Waals surface area contributed by atoms with Crippen molar-refractivity contribution in [3.63, 3.8) is 0 Å². The molecule has 1 heterocycles. The highest BCUT2D eigenvalue weighted by Gasteiger charge is 2.15. The molecule has 0 radical (unpaired) electrons. The maximum absolute atomic E-state index is 10.9. The number of nitrogens with zero attached hydrogens (tertiary/aromatic N) is 1. The number of carbonyl (C=O) groups is 1. The fourth-order valence-electron chi connectivity index (χ4n) is 1.70. The summed E-state index contributed by atoms with van der Waals surface area (Å²) in [5, 5.41) is 12.3. The summed E-state index contributed by atoms with van der Waals surface area (Å²) < 4.78 is 5.44. The molecule has 1 unspecified atom stereocenters. The third kappa shape index (κ3) is 4.52. The maximum Gasteiger partial charge on any atom is 0.337 e. The molecule has 0 amide bonds. The van der Waals surface area contributed by atoms with Crippen molar-refractivity contribution >= 4 is 11.8 Å². The molecule has 1 aromatic rings. The van der Waals surface area contributed by atoms with Gasteiger partial charge in [0.05, 0.1) is 23.9 Å². The number of aryl methyl sites for hydroxylation is 1. The lowest BCUT2D eigenvalue weighted by molar-refractivity contribution is 0.0695. The smallest absolute Gasteiger partial charge is 0.337 e. The van der Waals surface area contributed by atoms with Gasteiger partial charge in [-0.15, -0.1) is 0 Å². The summed E-state index contributed by atoms with van der Waals surface area (Å²) in [5.74, 6) is 0.125. The van der Waals surface area contributed by atoms with Gasteiger partial charge in [-0.3, -0.25) is 0 Å². The van der Waals surface area contributed by atoms with Crippen molar-refractivity contribution in [1.82, 2.24) is 4.98 Å². The third-order valence-corrected chi connectivity index (χ3v) is 2.96. The van der Waals surface area contributed by atoms with Crippen LogP contribution in [0, 0.1) is 12.8 Å². The maximum atomic E-state index is 10.9. The Morgan fingerprint density at radius 1 is 1.47 bits per heavy atom. The predicted octanol–water partition coefficient (Wildman–Crippen LogP) is 2.56. The molecule has 0 aliphatic rings. The van der Waals surface area contributed by atoms with Crippen LogP contribution < -0.4 is 5.32 Å². The first kappa shape index (κ1) is 15.4. The van der Waals surface area contributed by atoms with Crippen molar-refractivity contribution < 1.29 is 14.6 Å². The van der Waals surface area contributed by atoms with Crippen LogP contribution in [0.3, 0.4) is 0 Å². The van der Waals surface area contributed by atoms with Gasteiger partial charge in [0.2, 0.25) is 0 Å². The zero-order valence-corrected chi connectivity index (χ0v) is 11.9. The van der Waals surface area contributed by atoms with E-state index in [1.54, 1.807) is 19.1 Å². The second-order valence-corrected chi connectivity index (χ2v) is 4.79. The summed E-state index contributed by atoms with van der Waals surface area (Å²) in [6, 6.07) is 3.42. The van der Waals surface area contributed by atoms with Crippen LogP contribution in [0.5, 0.6) is 0 Å². The van der Waals surface area contributed by atoms with E-state index >= 15 is 0 Å². The highest BCUT2D eigenvalue weighted by Crippen LogP contribution is 2.14. The molecule has 0 spiro atoms. The molecule has 0 saturated carbocycles. The average Bonchev–Trinajstić information content (AvgIpc) is 2.33. The zero-order valence-electron chi connectivity index (χ0n) is 11.9. The van der Waals surface area contributed by atoms with Gasteiger partial charge in [-0.2, -0.15) is 0 Å². The molecule has 0 aromatic carbocycles. The quantitative estimate of drug-likeness (QED) is 0.793. The van der Waals surface area contributed by atoms with Gasteiger partial charge in [-0.1, -0.05) is 13.8 Å². The van der Waals surface area contributed by atoms with E-state index in [2.05, 4.69) is 24.1 Å². The molecule has 5 heteroatoms. The van der Waals surface area contributed by atoms with Crippen LogP contribution in [-0.4, -0.2) is 35.3 Å². The van der Waals surface area contributed by atoms with Gasteiger partial charge >= 0.3 is 5.97 Å². The van der Waals surface area contributed by atoms with Crippen LogP contribution in [0.25, 0.3) is 0 Å². The Morgan fingerprint density at radius 3 is 2.63 bits per heavy atom. The number of pyridine rings is 1. The van der Waals surface area contributed by atoms with E-state index in [9.17, 15) is 4.79 Å². The molecular formula is C14H22N2O3. The predicted molar refractivity (Wildman–Crippen MR) is 74.7 cm³/mol. The lowest BCUT2D eigenvalue weighted by atomic mass is 10.1. The molecule has 0 saturated heterocycles. The highest BCUT2D eigenvalue weighted by atomic mass is 16.5. The van der Waals surface area contributed by atoms with Crippen molar-refractivity contribution in [2.75, 3.05) is 18.5 Å². The largest absolute Gasteiger partial charge is 0.478 e. The second kappa shape index (κ2) is 7.09. The van der Waals surface area contributed by atoms with Gasteiger partial charge in [-0.05, 0) is 31.9 Å². The topological polar surface area (TPSA) is 71.5 Å². The SMILES string of the molecule is CCOCC(Nc1ccc(C(=O)O)c(C)n1)C(C)C. The minimum Gasteiger partial charge on any atom is -0.478 e. The number of nitrogens with one attached hydrogen (secondary N) is 1. The number of rotatable bonds is 7. The second-order valence-electron chi connectivity index (χ2n) is 4.79.